The van der Waals surface area contributed by atoms with Crippen molar-refractivity contribution in [1.29, 1.82) is 0 Å². The number of aryl methyl sites for hydroxylation is 1. The molecule has 86 valence electrons. The minimum atomic E-state index is -3.54. The highest BCUT2D eigenvalue weighted by Crippen LogP contribution is 2.05. The maximum absolute atomic E-state index is 11.7. The van der Waals surface area contributed by atoms with Gasteiger partial charge in [-0.3, -0.25) is 0 Å². The van der Waals surface area contributed by atoms with Gasteiger partial charge in [0.2, 0.25) is 0 Å². The minimum absolute atomic E-state index is 0.0524. The first-order chi connectivity index (χ1) is 7.58. The summed E-state index contributed by atoms with van der Waals surface area (Å²) in [6.07, 6.45) is 4.47. The molecule has 0 spiro atoms. The van der Waals surface area contributed by atoms with Crippen LogP contribution in [0.15, 0.2) is 23.6 Å². The second kappa shape index (κ2) is 4.06. The summed E-state index contributed by atoms with van der Waals surface area (Å²) in [6.45, 7) is 1.80. The normalized spacial score (nSPS) is 11.8. The number of hydrogen-bond donors (Lipinski definition) is 3. The molecule has 0 unspecified atom stereocenters. The van der Waals surface area contributed by atoms with E-state index in [0.29, 0.717) is 11.6 Å². The Morgan fingerprint density at radius 2 is 2.25 bits per heavy atom. The maximum Gasteiger partial charge on any atom is 0.258 e. The molecule has 2 rings (SSSR count). The quantitative estimate of drug-likeness (QED) is 0.696. The molecule has 0 aromatic carbocycles. The zero-order valence-corrected chi connectivity index (χ0v) is 9.37. The summed E-state index contributed by atoms with van der Waals surface area (Å²) < 4.78 is 25.8. The fourth-order valence-corrected chi connectivity index (χ4v) is 2.13. The molecule has 0 amide bonds. The van der Waals surface area contributed by atoms with Crippen LogP contribution in [0.5, 0.6) is 0 Å². The molecule has 0 atom stereocenters. The molecule has 0 fully saturated rings. The summed E-state index contributed by atoms with van der Waals surface area (Å²) in [5.74, 6) is 1.11. The second-order valence-electron chi connectivity index (χ2n) is 3.19. The number of sulfonamides is 1. The van der Waals surface area contributed by atoms with E-state index in [1.165, 1.54) is 6.20 Å². The number of aromatic nitrogens is 4. The van der Waals surface area contributed by atoms with Gasteiger partial charge in [-0.25, -0.2) is 23.1 Å². The first-order valence-electron chi connectivity index (χ1n) is 4.57. The number of imidazole rings is 2. The molecule has 8 heteroatoms. The van der Waals surface area contributed by atoms with E-state index in [0.717, 1.165) is 0 Å². The van der Waals surface area contributed by atoms with Gasteiger partial charge in [0, 0.05) is 12.4 Å². The van der Waals surface area contributed by atoms with E-state index in [1.54, 1.807) is 19.3 Å². The number of H-pyrrole nitrogens is 2. The lowest BCUT2D eigenvalue weighted by molar-refractivity contribution is 0.576. The van der Waals surface area contributed by atoms with Gasteiger partial charge >= 0.3 is 0 Å². The van der Waals surface area contributed by atoms with Crippen LogP contribution in [0.3, 0.4) is 0 Å². The van der Waals surface area contributed by atoms with Crippen molar-refractivity contribution in [2.45, 2.75) is 18.5 Å². The third-order valence-corrected chi connectivity index (χ3v) is 3.26. The van der Waals surface area contributed by atoms with Gasteiger partial charge in [0.15, 0.2) is 5.03 Å². The zero-order valence-electron chi connectivity index (χ0n) is 8.56. The monoisotopic (exact) mass is 241 g/mol. The van der Waals surface area contributed by atoms with Crippen LogP contribution in [-0.4, -0.2) is 28.4 Å². The van der Waals surface area contributed by atoms with Crippen LogP contribution in [0.25, 0.3) is 0 Å². The van der Waals surface area contributed by atoms with Crippen molar-refractivity contribution in [1.82, 2.24) is 24.7 Å². The Bertz CT molecular complexity index is 557. The van der Waals surface area contributed by atoms with Gasteiger partial charge in [-0.15, -0.1) is 0 Å². The number of nitrogens with zero attached hydrogens (tertiary/aromatic N) is 2. The lowest BCUT2D eigenvalue weighted by Gasteiger charge is -2.01. The average Bonchev–Trinajstić information content (AvgIpc) is 2.85. The van der Waals surface area contributed by atoms with E-state index in [4.69, 9.17) is 0 Å². The number of aromatic amines is 2. The van der Waals surface area contributed by atoms with Crippen LogP contribution in [0, 0.1) is 6.92 Å². The van der Waals surface area contributed by atoms with Crippen molar-refractivity contribution < 1.29 is 8.42 Å². The van der Waals surface area contributed by atoms with Crippen molar-refractivity contribution in [2.24, 2.45) is 0 Å². The van der Waals surface area contributed by atoms with E-state index in [2.05, 4.69) is 24.7 Å². The van der Waals surface area contributed by atoms with E-state index >= 15 is 0 Å². The van der Waals surface area contributed by atoms with Crippen LogP contribution >= 0.6 is 0 Å². The Morgan fingerprint density at radius 1 is 1.44 bits per heavy atom. The molecule has 0 aliphatic carbocycles. The second-order valence-corrected chi connectivity index (χ2v) is 4.93. The number of hydrogen-bond acceptors (Lipinski definition) is 4. The van der Waals surface area contributed by atoms with Crippen molar-refractivity contribution >= 4 is 10.0 Å². The van der Waals surface area contributed by atoms with Gasteiger partial charge in [0.25, 0.3) is 10.0 Å². The Hall–Kier alpha value is -1.67. The van der Waals surface area contributed by atoms with Crippen LogP contribution in [0.1, 0.15) is 11.6 Å². The van der Waals surface area contributed by atoms with Crippen LogP contribution in [0.4, 0.5) is 0 Å². The Labute approximate surface area is 92.4 Å². The van der Waals surface area contributed by atoms with Crippen LogP contribution in [-0.2, 0) is 16.6 Å². The third-order valence-electron chi connectivity index (χ3n) is 1.95. The highest BCUT2D eigenvalue weighted by Gasteiger charge is 2.16. The summed E-state index contributed by atoms with van der Waals surface area (Å²) in [4.78, 5) is 13.2. The maximum atomic E-state index is 11.7. The van der Waals surface area contributed by atoms with Gasteiger partial charge in [-0.1, -0.05) is 0 Å². The van der Waals surface area contributed by atoms with Gasteiger partial charge in [0.1, 0.15) is 11.6 Å². The van der Waals surface area contributed by atoms with Gasteiger partial charge in [-0.2, -0.15) is 0 Å². The smallest absolute Gasteiger partial charge is 0.258 e. The van der Waals surface area contributed by atoms with Crippen molar-refractivity contribution in [3.8, 4) is 0 Å². The van der Waals surface area contributed by atoms with E-state index in [-0.39, 0.29) is 11.6 Å². The summed E-state index contributed by atoms with van der Waals surface area (Å²) in [6, 6.07) is 0. The van der Waals surface area contributed by atoms with Gasteiger partial charge in [-0.05, 0) is 6.92 Å². The highest BCUT2D eigenvalue weighted by atomic mass is 32.2. The minimum Gasteiger partial charge on any atom is -0.347 e. The standard InChI is InChI=1S/C8H11N5O2S/c1-6-11-5-8(13-6)16(14,15)12-4-7-9-2-3-10-7/h2-3,5,12H,4H2,1H3,(H,9,10)(H,11,13). The van der Waals surface area contributed by atoms with Crippen LogP contribution < -0.4 is 4.72 Å². The zero-order chi connectivity index (χ0) is 11.6. The Balaban J connectivity index is 2.09. The summed E-state index contributed by atoms with van der Waals surface area (Å²) in [5, 5.41) is 0.0524. The molecule has 0 saturated carbocycles. The third kappa shape index (κ3) is 2.28. The fourth-order valence-electron chi connectivity index (χ4n) is 1.17. The summed E-state index contributed by atoms with van der Waals surface area (Å²) >= 11 is 0. The molecule has 7 nitrogen and oxygen atoms in total. The molecule has 2 aromatic rings. The molecule has 0 saturated heterocycles. The van der Waals surface area contributed by atoms with Gasteiger partial charge < -0.3 is 9.97 Å². The molecule has 2 heterocycles. The lowest BCUT2D eigenvalue weighted by Crippen LogP contribution is -2.24. The largest absolute Gasteiger partial charge is 0.347 e. The number of rotatable bonds is 4. The predicted octanol–water partition coefficient (Wildman–Crippen LogP) is -0.0803. The van der Waals surface area contributed by atoms with Crippen molar-refractivity contribution in [2.75, 3.05) is 0 Å². The van der Waals surface area contributed by atoms with E-state index in [9.17, 15) is 8.42 Å². The molecule has 16 heavy (non-hydrogen) atoms. The Morgan fingerprint density at radius 3 is 2.81 bits per heavy atom. The van der Waals surface area contributed by atoms with E-state index < -0.39 is 10.0 Å². The number of nitrogens with one attached hydrogen (secondary N) is 3. The summed E-state index contributed by atoms with van der Waals surface area (Å²) in [7, 11) is -3.54. The SMILES string of the molecule is Cc1ncc(S(=O)(=O)NCc2ncc[nH]2)[nH]1. The predicted molar refractivity (Wildman–Crippen MR) is 55.9 cm³/mol. The molecular formula is C8H11N5O2S. The topological polar surface area (TPSA) is 104 Å². The molecule has 0 bridgehead atoms. The molecular weight excluding hydrogens is 230 g/mol. The molecule has 0 aliphatic heterocycles. The van der Waals surface area contributed by atoms with E-state index in [1.807, 2.05) is 0 Å². The van der Waals surface area contributed by atoms with Crippen LogP contribution in [0.2, 0.25) is 0 Å². The highest BCUT2D eigenvalue weighted by molar-refractivity contribution is 7.89. The Kier molecular flexibility index (Phi) is 2.75. The molecule has 2 aromatic heterocycles. The fraction of sp³-hybridized carbons (Fsp3) is 0.250. The molecule has 3 N–H and O–H groups in total. The van der Waals surface area contributed by atoms with Crippen molar-refractivity contribution in [3.63, 3.8) is 0 Å². The molecule has 0 radical (unpaired) electrons. The van der Waals surface area contributed by atoms with Gasteiger partial charge in [0.05, 0.1) is 12.7 Å². The van der Waals surface area contributed by atoms with Crippen molar-refractivity contribution in [3.05, 3.63) is 30.2 Å². The first kappa shape index (κ1) is 10.8. The lowest BCUT2D eigenvalue weighted by atomic mass is 10.6. The summed E-state index contributed by atoms with van der Waals surface area (Å²) in [5.41, 5.74) is 0. The average molecular weight is 241 g/mol. The first-order valence-corrected chi connectivity index (χ1v) is 6.06. The molecule has 0 aliphatic rings.